The van der Waals surface area contributed by atoms with Crippen molar-refractivity contribution in [2.24, 2.45) is 0 Å². The molecule has 0 amide bonds. The summed E-state index contributed by atoms with van der Waals surface area (Å²) >= 11 is 0. The molecule has 0 saturated carbocycles. The van der Waals surface area contributed by atoms with Crippen LogP contribution >= 0.6 is 0 Å². The Hall–Kier alpha value is -6.51. The van der Waals surface area contributed by atoms with E-state index in [2.05, 4.69) is 193 Å². The monoisotopic (exact) mass is 637 g/mol. The number of hydrogen-bond donors (Lipinski definition) is 0. The van der Waals surface area contributed by atoms with Crippen LogP contribution < -0.4 is 0 Å². The van der Waals surface area contributed by atoms with Crippen molar-refractivity contribution in [1.82, 2.24) is 4.40 Å². The molecule has 0 bridgehead atoms. The largest absolute Gasteiger partial charge is 0.308 e. The van der Waals surface area contributed by atoms with Gasteiger partial charge in [0.05, 0.1) is 16.6 Å². The van der Waals surface area contributed by atoms with E-state index < -0.39 is 0 Å². The number of hydrogen-bond acceptors (Lipinski definition) is 0. The summed E-state index contributed by atoms with van der Waals surface area (Å²) in [7, 11) is 0. The first-order valence-electron chi connectivity index (χ1n) is 17.2. The Balaban J connectivity index is 1.24. The molecule has 0 unspecified atom stereocenters. The SMILES string of the molecule is C=C1C=CC=C[N+](c2ccc3c4ccccc4c4ccccc4c3c2)=C1/C=C(\C=C/C)c1cc2c3ccccc3n3c4ccccc4c(c1)c23. The first kappa shape index (κ1) is 28.5. The van der Waals surface area contributed by atoms with Gasteiger partial charge in [-0.05, 0) is 86.8 Å². The Morgan fingerprint density at radius 2 is 1.12 bits per heavy atom. The van der Waals surface area contributed by atoms with E-state index in [1.54, 1.807) is 0 Å². The highest BCUT2D eigenvalue weighted by molar-refractivity contribution is 6.26. The van der Waals surface area contributed by atoms with Gasteiger partial charge in [0.2, 0.25) is 11.4 Å². The average Bonchev–Trinajstić information content (AvgIpc) is 3.61. The smallest absolute Gasteiger partial charge is 0.218 e. The zero-order valence-corrected chi connectivity index (χ0v) is 27.8. The van der Waals surface area contributed by atoms with E-state index in [-0.39, 0.29) is 0 Å². The maximum absolute atomic E-state index is 4.57. The minimum Gasteiger partial charge on any atom is -0.308 e. The van der Waals surface area contributed by atoms with Crippen LogP contribution in [0.3, 0.4) is 0 Å². The summed E-state index contributed by atoms with van der Waals surface area (Å²) in [6.07, 6.45) is 15.1. The summed E-state index contributed by atoms with van der Waals surface area (Å²) in [6.45, 7) is 6.66. The Morgan fingerprint density at radius 3 is 1.72 bits per heavy atom. The van der Waals surface area contributed by atoms with Gasteiger partial charge in [-0.1, -0.05) is 110 Å². The van der Waals surface area contributed by atoms with Gasteiger partial charge >= 0.3 is 0 Å². The lowest BCUT2D eigenvalue weighted by Crippen LogP contribution is -2.11. The van der Waals surface area contributed by atoms with E-state index in [0.717, 1.165) is 22.5 Å². The molecular weight excluding hydrogens is 605 g/mol. The first-order valence-corrected chi connectivity index (χ1v) is 17.2. The van der Waals surface area contributed by atoms with Gasteiger partial charge in [-0.15, -0.1) is 0 Å². The molecule has 3 heterocycles. The van der Waals surface area contributed by atoms with Crippen LogP contribution in [0.15, 0.2) is 182 Å². The van der Waals surface area contributed by atoms with Gasteiger partial charge in [-0.2, -0.15) is 4.58 Å². The number of nitrogens with zero attached hydrogens (tertiary/aromatic N) is 2. The van der Waals surface area contributed by atoms with Crippen LogP contribution in [0.5, 0.6) is 0 Å². The molecule has 7 aromatic carbocycles. The molecule has 0 radical (unpaired) electrons. The van der Waals surface area contributed by atoms with Crippen molar-refractivity contribution < 1.29 is 4.58 Å². The summed E-state index contributed by atoms with van der Waals surface area (Å²) < 4.78 is 4.72. The molecule has 1 aliphatic heterocycles. The summed E-state index contributed by atoms with van der Waals surface area (Å²) in [5, 5.41) is 12.7. The Bertz CT molecular complexity index is 2930. The van der Waals surface area contributed by atoms with E-state index in [1.807, 2.05) is 0 Å². The molecule has 0 aliphatic carbocycles. The predicted octanol–water partition coefficient (Wildman–Crippen LogP) is 12.7. The molecule has 2 heteroatoms. The van der Waals surface area contributed by atoms with Crippen LogP contribution in [0.4, 0.5) is 5.69 Å². The number of aromatic nitrogens is 1. The fourth-order valence-electron chi connectivity index (χ4n) is 8.23. The number of benzene rings is 7. The zero-order chi connectivity index (χ0) is 33.3. The summed E-state index contributed by atoms with van der Waals surface area (Å²) in [5.74, 6) is 0. The summed E-state index contributed by atoms with van der Waals surface area (Å²) in [5.41, 5.74) is 9.16. The Kier molecular flexibility index (Phi) is 6.28. The standard InChI is InChI=1S/C48H33N2/c1-3-14-32(33-27-43-40-20-8-10-22-45(40)50-46-23-11-9-21-41(46)44(28-33)48(43)50)29-47-31(2)15-12-13-26-49(47)34-24-25-39-37-18-5-4-16-35(37)36-17-6-7-19-38(36)42(39)30-34/h3-30H,2H2,1H3/q+1/b14-3-. The molecule has 2 nitrogen and oxygen atoms in total. The Morgan fingerprint density at radius 1 is 0.580 bits per heavy atom. The molecule has 9 aromatic rings. The predicted molar refractivity (Wildman–Crippen MR) is 215 cm³/mol. The van der Waals surface area contributed by atoms with E-state index in [0.29, 0.717) is 0 Å². The number of allylic oxidation sites excluding steroid dienone is 8. The van der Waals surface area contributed by atoms with Crippen molar-refractivity contribution in [3.8, 4) is 0 Å². The molecular formula is C48H33N2+. The first-order chi connectivity index (χ1) is 24.7. The van der Waals surface area contributed by atoms with Crippen LogP contribution in [-0.4, -0.2) is 14.7 Å². The minimum atomic E-state index is 0.952. The second-order valence-electron chi connectivity index (χ2n) is 13.2. The molecule has 2 aromatic heterocycles. The quantitative estimate of drug-likeness (QED) is 0.103. The van der Waals surface area contributed by atoms with E-state index in [4.69, 9.17) is 0 Å². The van der Waals surface area contributed by atoms with Crippen molar-refractivity contribution >= 4 is 87.4 Å². The minimum absolute atomic E-state index is 0.952. The second-order valence-corrected chi connectivity index (χ2v) is 13.2. The van der Waals surface area contributed by atoms with Crippen LogP contribution in [0, 0.1) is 0 Å². The van der Waals surface area contributed by atoms with Gasteiger partial charge in [-0.25, -0.2) is 0 Å². The third kappa shape index (κ3) is 4.12. The third-order valence-electron chi connectivity index (χ3n) is 10.4. The average molecular weight is 638 g/mol. The van der Waals surface area contributed by atoms with Crippen LogP contribution in [0.1, 0.15) is 12.5 Å². The second kappa shape index (κ2) is 11.0. The lowest BCUT2D eigenvalue weighted by molar-refractivity contribution is -0.358. The van der Waals surface area contributed by atoms with Gasteiger partial charge in [0.25, 0.3) is 0 Å². The van der Waals surface area contributed by atoms with Crippen molar-refractivity contribution in [3.05, 3.63) is 188 Å². The molecule has 1 aliphatic rings. The topological polar surface area (TPSA) is 7.42 Å². The van der Waals surface area contributed by atoms with Gasteiger partial charge in [0.1, 0.15) is 0 Å². The molecule has 0 spiro atoms. The molecule has 10 rings (SSSR count). The van der Waals surface area contributed by atoms with Crippen molar-refractivity contribution in [2.75, 3.05) is 0 Å². The number of para-hydroxylation sites is 2. The molecule has 0 fully saturated rings. The van der Waals surface area contributed by atoms with Crippen molar-refractivity contribution in [3.63, 3.8) is 0 Å². The fourth-order valence-corrected chi connectivity index (χ4v) is 8.23. The van der Waals surface area contributed by atoms with Crippen molar-refractivity contribution in [2.45, 2.75) is 6.92 Å². The van der Waals surface area contributed by atoms with Crippen molar-refractivity contribution in [1.29, 1.82) is 0 Å². The molecule has 50 heavy (non-hydrogen) atoms. The lowest BCUT2D eigenvalue weighted by Gasteiger charge is -2.11. The van der Waals surface area contributed by atoms with Gasteiger partial charge in [0.15, 0.2) is 6.20 Å². The van der Waals surface area contributed by atoms with Crippen LogP contribution in [-0.2, 0) is 0 Å². The highest BCUT2D eigenvalue weighted by atomic mass is 15.0. The van der Waals surface area contributed by atoms with E-state index in [1.165, 1.54) is 76.0 Å². The molecule has 234 valence electrons. The molecule has 0 atom stereocenters. The maximum atomic E-state index is 4.57. The summed E-state index contributed by atoms with van der Waals surface area (Å²) in [4.78, 5) is 0. The normalized spacial score (nSPS) is 14.3. The number of fused-ring (bicyclic) bond motifs is 12. The highest BCUT2D eigenvalue weighted by Crippen LogP contribution is 2.41. The Labute approximate surface area is 290 Å². The summed E-state index contributed by atoms with van der Waals surface area (Å²) in [6, 6.07) is 46.7. The third-order valence-corrected chi connectivity index (χ3v) is 10.4. The molecule has 0 saturated heterocycles. The highest BCUT2D eigenvalue weighted by Gasteiger charge is 2.22. The van der Waals surface area contributed by atoms with Gasteiger partial charge in [-0.3, -0.25) is 0 Å². The van der Waals surface area contributed by atoms with E-state index >= 15 is 0 Å². The molecule has 0 N–H and O–H groups in total. The van der Waals surface area contributed by atoms with Gasteiger partial charge < -0.3 is 4.40 Å². The van der Waals surface area contributed by atoms with Crippen LogP contribution in [0.2, 0.25) is 0 Å². The van der Waals surface area contributed by atoms with Crippen LogP contribution in [0.25, 0.3) is 76.0 Å². The van der Waals surface area contributed by atoms with E-state index in [9.17, 15) is 0 Å². The number of rotatable bonds is 4. The maximum Gasteiger partial charge on any atom is 0.218 e. The lowest BCUT2D eigenvalue weighted by atomic mass is 9.94. The zero-order valence-electron chi connectivity index (χ0n) is 27.8. The fraction of sp³-hybridized carbons (Fsp3) is 0.0208. The van der Waals surface area contributed by atoms with Gasteiger partial charge in [0, 0.05) is 51.4 Å².